The molecule has 1 saturated carbocycles. The number of aliphatic hydroxyl groups excluding tert-OH is 1. The number of aromatic nitrogens is 2. The van der Waals surface area contributed by atoms with Crippen molar-refractivity contribution in [1.82, 2.24) is 14.9 Å². The highest BCUT2D eigenvalue weighted by molar-refractivity contribution is 5.83. The number of carbonyl (C=O) groups is 2. The number of imidazole rings is 1. The summed E-state index contributed by atoms with van der Waals surface area (Å²) in [5.74, 6) is -0.326. The summed E-state index contributed by atoms with van der Waals surface area (Å²) in [5, 5.41) is 21.0. The minimum atomic E-state index is -1.22. The van der Waals surface area contributed by atoms with Crippen molar-refractivity contribution in [3.63, 3.8) is 0 Å². The van der Waals surface area contributed by atoms with E-state index in [9.17, 15) is 18.7 Å². The number of methoxy groups -OCH3 is 1. The normalized spacial score (nSPS) is 18.7. The first kappa shape index (κ1) is 29.0. The van der Waals surface area contributed by atoms with E-state index in [-0.39, 0.29) is 24.1 Å². The third kappa shape index (κ3) is 6.48. The van der Waals surface area contributed by atoms with Crippen LogP contribution in [0.4, 0.5) is 8.78 Å². The van der Waals surface area contributed by atoms with Crippen LogP contribution in [0.5, 0.6) is 5.75 Å². The van der Waals surface area contributed by atoms with Gasteiger partial charge in [0.05, 0.1) is 18.1 Å². The van der Waals surface area contributed by atoms with Crippen molar-refractivity contribution >= 4 is 23.9 Å². The molecule has 3 N–H and O–H groups in total. The summed E-state index contributed by atoms with van der Waals surface area (Å²) in [6.07, 6.45) is 4.90. The molecule has 8 nitrogen and oxygen atoms in total. The van der Waals surface area contributed by atoms with Crippen LogP contribution in [0.2, 0.25) is 0 Å². The van der Waals surface area contributed by atoms with E-state index < -0.39 is 17.7 Å². The zero-order chi connectivity index (χ0) is 27.8. The summed E-state index contributed by atoms with van der Waals surface area (Å²) in [6.45, 7) is 3.91. The van der Waals surface area contributed by atoms with E-state index in [1.165, 1.54) is 6.07 Å². The zero-order valence-corrected chi connectivity index (χ0v) is 21.9. The number of benzene rings is 2. The summed E-state index contributed by atoms with van der Waals surface area (Å²) in [7, 11) is 1.61. The van der Waals surface area contributed by atoms with Gasteiger partial charge in [0.2, 0.25) is 6.41 Å². The maximum absolute atomic E-state index is 14.0. The second-order valence-electron chi connectivity index (χ2n) is 9.79. The lowest BCUT2D eigenvalue weighted by atomic mass is 9.86. The van der Waals surface area contributed by atoms with Gasteiger partial charge in [0.1, 0.15) is 17.7 Å². The Balaban J connectivity index is 0.00000127. The molecule has 4 rings (SSSR count). The summed E-state index contributed by atoms with van der Waals surface area (Å²) < 4.78 is 35.3. The van der Waals surface area contributed by atoms with Crippen molar-refractivity contribution in [3.8, 4) is 5.75 Å². The number of carboxylic acid groups (broad SMARTS) is 1. The minimum Gasteiger partial charge on any atom is -0.496 e. The Labute approximate surface area is 220 Å². The van der Waals surface area contributed by atoms with Gasteiger partial charge in [-0.15, -0.1) is 0 Å². The molecule has 0 bridgehead atoms. The zero-order valence-electron chi connectivity index (χ0n) is 21.9. The fraction of sp³-hybridized carbons (Fsp3) is 0.464. The van der Waals surface area contributed by atoms with Crippen molar-refractivity contribution in [3.05, 3.63) is 58.9 Å². The molecule has 4 atom stereocenters. The SMILES string of the molecule is COc1ccc2c(nc(C(O)c3ccc(F)c(F)c3)n2C2CCCC(C)C2)c1CCC(C)NC=O.O=CO. The maximum atomic E-state index is 14.0. The average molecular weight is 532 g/mol. The first-order valence-corrected chi connectivity index (χ1v) is 12.7. The van der Waals surface area contributed by atoms with Gasteiger partial charge in [-0.3, -0.25) is 9.59 Å². The van der Waals surface area contributed by atoms with E-state index in [0.717, 1.165) is 54.4 Å². The van der Waals surface area contributed by atoms with Crippen LogP contribution in [0.25, 0.3) is 11.0 Å². The number of rotatable bonds is 9. The fourth-order valence-electron chi connectivity index (χ4n) is 5.25. The van der Waals surface area contributed by atoms with E-state index in [0.29, 0.717) is 36.7 Å². The highest BCUT2D eigenvalue weighted by atomic mass is 19.2. The minimum absolute atomic E-state index is 0.0269. The molecule has 1 fully saturated rings. The van der Waals surface area contributed by atoms with Crippen molar-refractivity contribution in [2.45, 2.75) is 70.6 Å². The van der Waals surface area contributed by atoms with Gasteiger partial charge in [-0.25, -0.2) is 13.8 Å². The smallest absolute Gasteiger partial charge is 0.290 e. The van der Waals surface area contributed by atoms with E-state index in [1.807, 2.05) is 19.1 Å². The first-order valence-electron chi connectivity index (χ1n) is 12.7. The van der Waals surface area contributed by atoms with Gasteiger partial charge in [0, 0.05) is 17.6 Å². The highest BCUT2D eigenvalue weighted by Gasteiger charge is 2.29. The quantitative estimate of drug-likeness (QED) is 0.338. The van der Waals surface area contributed by atoms with Gasteiger partial charge in [-0.05, 0) is 68.4 Å². The molecule has 0 saturated heterocycles. The number of nitrogens with one attached hydrogen (secondary N) is 1. The van der Waals surface area contributed by atoms with Crippen LogP contribution >= 0.6 is 0 Å². The topological polar surface area (TPSA) is 114 Å². The van der Waals surface area contributed by atoms with Gasteiger partial charge in [0.25, 0.3) is 6.47 Å². The summed E-state index contributed by atoms with van der Waals surface area (Å²) in [6, 6.07) is 7.42. The molecule has 38 heavy (non-hydrogen) atoms. The molecular formula is C28H35F2N3O5. The molecule has 4 unspecified atom stereocenters. The molecule has 1 amide bonds. The molecule has 10 heteroatoms. The number of halogens is 2. The number of hydrogen-bond acceptors (Lipinski definition) is 5. The summed E-state index contributed by atoms with van der Waals surface area (Å²) >= 11 is 0. The molecule has 0 aliphatic heterocycles. The molecule has 2 aromatic carbocycles. The third-order valence-electron chi connectivity index (χ3n) is 7.13. The van der Waals surface area contributed by atoms with Crippen LogP contribution < -0.4 is 10.1 Å². The number of hydrogen-bond donors (Lipinski definition) is 3. The lowest BCUT2D eigenvalue weighted by Gasteiger charge is -2.30. The number of fused-ring (bicyclic) bond motifs is 1. The molecule has 1 aliphatic rings. The third-order valence-corrected chi connectivity index (χ3v) is 7.13. The average Bonchev–Trinajstić information content (AvgIpc) is 3.29. The molecule has 1 heterocycles. The monoisotopic (exact) mass is 531 g/mol. The number of amides is 1. The van der Waals surface area contributed by atoms with Gasteiger partial charge in [-0.2, -0.15) is 0 Å². The standard InChI is InChI=1S/C27H33F2N3O3.CH2O2/c1-16-5-4-6-19(13-16)32-23-11-12-24(35-3)20(9-7-17(2)30-15-33)25(23)31-27(32)26(34)18-8-10-21(28)22(29)14-18;2-1-3/h8,10-12,14-17,19,26,34H,4-7,9,13H2,1-3H3,(H,30,33);1H,(H,2,3). The molecule has 1 aliphatic carbocycles. The number of aryl methyl sites for hydroxylation is 1. The largest absolute Gasteiger partial charge is 0.496 e. The molecular weight excluding hydrogens is 496 g/mol. The van der Waals surface area contributed by atoms with Crippen LogP contribution in [0, 0.1) is 17.6 Å². The molecule has 206 valence electrons. The number of carbonyl (C=O) groups excluding carboxylic acids is 1. The lowest BCUT2D eigenvalue weighted by Crippen LogP contribution is -2.24. The number of nitrogens with zero attached hydrogens (tertiary/aromatic N) is 2. The van der Waals surface area contributed by atoms with Crippen molar-refractivity contribution in [2.24, 2.45) is 5.92 Å². The van der Waals surface area contributed by atoms with Gasteiger partial charge < -0.3 is 24.8 Å². The Morgan fingerprint density at radius 3 is 2.58 bits per heavy atom. The lowest BCUT2D eigenvalue weighted by molar-refractivity contribution is -0.122. The van der Waals surface area contributed by atoms with Crippen molar-refractivity contribution in [1.29, 1.82) is 0 Å². The van der Waals surface area contributed by atoms with Crippen LogP contribution in [-0.2, 0) is 16.0 Å². The van der Waals surface area contributed by atoms with E-state index in [4.69, 9.17) is 19.6 Å². The number of ether oxygens (including phenoxy) is 1. The van der Waals surface area contributed by atoms with Gasteiger partial charge in [0.15, 0.2) is 11.6 Å². The predicted molar refractivity (Wildman–Crippen MR) is 139 cm³/mol. The van der Waals surface area contributed by atoms with E-state index in [2.05, 4.69) is 16.8 Å². The second-order valence-corrected chi connectivity index (χ2v) is 9.79. The van der Waals surface area contributed by atoms with Crippen LogP contribution in [0.3, 0.4) is 0 Å². The van der Waals surface area contributed by atoms with Crippen molar-refractivity contribution < 1.29 is 33.3 Å². The van der Waals surface area contributed by atoms with E-state index in [1.54, 1.807) is 7.11 Å². The highest BCUT2D eigenvalue weighted by Crippen LogP contribution is 2.40. The second kappa shape index (κ2) is 13.3. The van der Waals surface area contributed by atoms with Crippen molar-refractivity contribution in [2.75, 3.05) is 7.11 Å². The van der Waals surface area contributed by atoms with Crippen LogP contribution in [0.15, 0.2) is 30.3 Å². The van der Waals surface area contributed by atoms with Gasteiger partial charge in [-0.1, -0.05) is 25.8 Å². The van der Waals surface area contributed by atoms with Crippen LogP contribution in [0.1, 0.15) is 75.0 Å². The van der Waals surface area contributed by atoms with Gasteiger partial charge >= 0.3 is 0 Å². The van der Waals surface area contributed by atoms with E-state index >= 15 is 0 Å². The number of aliphatic hydroxyl groups is 1. The molecule has 3 aromatic rings. The molecule has 0 radical (unpaired) electrons. The Hall–Kier alpha value is -3.53. The van der Waals surface area contributed by atoms with Crippen LogP contribution in [-0.4, -0.2) is 45.8 Å². The Morgan fingerprint density at radius 2 is 1.95 bits per heavy atom. The molecule has 0 spiro atoms. The summed E-state index contributed by atoms with van der Waals surface area (Å²) in [5.41, 5.74) is 2.75. The fourth-order valence-corrected chi connectivity index (χ4v) is 5.25. The Bertz CT molecular complexity index is 1250. The molecule has 1 aromatic heterocycles. The Kier molecular flexibility index (Phi) is 10.2. The predicted octanol–water partition coefficient (Wildman–Crippen LogP) is 4.92. The maximum Gasteiger partial charge on any atom is 0.290 e. The summed E-state index contributed by atoms with van der Waals surface area (Å²) in [4.78, 5) is 24.1. The Morgan fingerprint density at radius 1 is 1.21 bits per heavy atom. The first-order chi connectivity index (χ1) is 18.2.